The van der Waals surface area contributed by atoms with Gasteiger partial charge in [0.2, 0.25) is 0 Å². The number of nitrogens with two attached hydrogens (primary N) is 1. The number of carbonyl (C=O) groups is 1. The van der Waals surface area contributed by atoms with Crippen molar-refractivity contribution in [3.63, 3.8) is 0 Å². The van der Waals surface area contributed by atoms with E-state index < -0.39 is 11.9 Å². The summed E-state index contributed by atoms with van der Waals surface area (Å²) in [5.74, 6) is -0.303. The smallest absolute Gasteiger partial charge is 0.349 e. The standard InChI is InChI=1S/C17H19F3N4O/c18-17(19,20)15-8-9-22-24(15)14-3-1-2-11(10-14)16(25)23-13-6-4-12(21)5-7-13/h1-3,8-10,12-13H,4-7,21H2,(H,23,25). The lowest BCUT2D eigenvalue weighted by Gasteiger charge is -2.26. The molecule has 25 heavy (non-hydrogen) atoms. The number of rotatable bonds is 3. The number of carbonyl (C=O) groups excluding carboxylic acids is 1. The van der Waals surface area contributed by atoms with Crippen LogP contribution in [0.2, 0.25) is 0 Å². The van der Waals surface area contributed by atoms with Crippen LogP contribution in [0.15, 0.2) is 36.5 Å². The molecule has 0 bridgehead atoms. The van der Waals surface area contributed by atoms with E-state index in [-0.39, 0.29) is 23.7 Å². The van der Waals surface area contributed by atoms with Gasteiger partial charge in [-0.25, -0.2) is 4.68 Å². The number of hydrogen-bond acceptors (Lipinski definition) is 3. The van der Waals surface area contributed by atoms with E-state index in [0.717, 1.165) is 42.6 Å². The second-order valence-corrected chi connectivity index (χ2v) is 6.26. The molecule has 134 valence electrons. The Bertz CT molecular complexity index is 748. The van der Waals surface area contributed by atoms with Crippen LogP contribution in [0.5, 0.6) is 0 Å². The summed E-state index contributed by atoms with van der Waals surface area (Å²) >= 11 is 0. The topological polar surface area (TPSA) is 72.9 Å². The van der Waals surface area contributed by atoms with E-state index in [4.69, 9.17) is 5.73 Å². The number of nitrogens with one attached hydrogen (secondary N) is 1. The molecular weight excluding hydrogens is 333 g/mol. The Hall–Kier alpha value is -2.35. The highest BCUT2D eigenvalue weighted by Crippen LogP contribution is 2.30. The van der Waals surface area contributed by atoms with Gasteiger partial charge in [-0.3, -0.25) is 4.79 Å². The Morgan fingerprint density at radius 1 is 1.20 bits per heavy atom. The highest BCUT2D eigenvalue weighted by Gasteiger charge is 2.35. The molecule has 3 rings (SSSR count). The summed E-state index contributed by atoms with van der Waals surface area (Å²) in [6.07, 6.45) is -0.106. The van der Waals surface area contributed by atoms with Gasteiger partial charge in [-0.15, -0.1) is 0 Å². The SMILES string of the molecule is NC1CCC(NC(=O)c2cccc(-n3nccc3C(F)(F)F)c2)CC1. The minimum atomic E-state index is -4.52. The quantitative estimate of drug-likeness (QED) is 0.892. The molecule has 0 spiro atoms. The first-order valence-corrected chi connectivity index (χ1v) is 8.12. The molecule has 2 aromatic rings. The molecule has 1 aliphatic rings. The van der Waals surface area contributed by atoms with Crippen molar-refractivity contribution in [2.24, 2.45) is 5.73 Å². The zero-order valence-electron chi connectivity index (χ0n) is 13.5. The largest absolute Gasteiger partial charge is 0.433 e. The summed E-state index contributed by atoms with van der Waals surface area (Å²) in [4.78, 5) is 12.4. The number of nitrogens with zero attached hydrogens (tertiary/aromatic N) is 2. The Balaban J connectivity index is 1.78. The molecular formula is C17H19F3N4O. The zero-order valence-corrected chi connectivity index (χ0v) is 13.5. The monoisotopic (exact) mass is 352 g/mol. The van der Waals surface area contributed by atoms with Gasteiger partial charge in [0.05, 0.1) is 11.9 Å². The van der Waals surface area contributed by atoms with E-state index >= 15 is 0 Å². The lowest BCUT2D eigenvalue weighted by molar-refractivity contribution is -0.142. The van der Waals surface area contributed by atoms with E-state index in [2.05, 4.69) is 10.4 Å². The fourth-order valence-electron chi connectivity index (χ4n) is 3.03. The maximum atomic E-state index is 13.0. The molecule has 0 unspecified atom stereocenters. The molecule has 0 atom stereocenters. The predicted molar refractivity (Wildman–Crippen MR) is 86.3 cm³/mol. The Labute approximate surface area is 143 Å². The molecule has 0 radical (unpaired) electrons. The minimum Gasteiger partial charge on any atom is -0.349 e. The molecule has 1 aromatic heterocycles. The molecule has 5 nitrogen and oxygen atoms in total. The van der Waals surface area contributed by atoms with E-state index in [9.17, 15) is 18.0 Å². The van der Waals surface area contributed by atoms with Crippen LogP contribution in [0.1, 0.15) is 41.7 Å². The normalized spacial score (nSPS) is 21.1. The van der Waals surface area contributed by atoms with Crippen LogP contribution in [-0.4, -0.2) is 27.8 Å². The number of hydrogen-bond donors (Lipinski definition) is 2. The summed E-state index contributed by atoms with van der Waals surface area (Å²) in [5.41, 5.74) is 5.46. The maximum Gasteiger partial charge on any atom is 0.433 e. The highest BCUT2D eigenvalue weighted by molar-refractivity contribution is 5.94. The van der Waals surface area contributed by atoms with Gasteiger partial charge < -0.3 is 11.1 Å². The molecule has 1 aromatic carbocycles. The van der Waals surface area contributed by atoms with E-state index in [1.54, 1.807) is 12.1 Å². The second kappa shape index (κ2) is 6.87. The summed E-state index contributed by atoms with van der Waals surface area (Å²) in [6, 6.07) is 7.14. The fraction of sp³-hybridized carbons (Fsp3) is 0.412. The molecule has 1 fully saturated rings. The highest BCUT2D eigenvalue weighted by atomic mass is 19.4. The Morgan fingerprint density at radius 3 is 2.60 bits per heavy atom. The number of halogens is 3. The van der Waals surface area contributed by atoms with Crippen molar-refractivity contribution in [1.82, 2.24) is 15.1 Å². The van der Waals surface area contributed by atoms with Crippen molar-refractivity contribution in [2.75, 3.05) is 0 Å². The van der Waals surface area contributed by atoms with Crippen LogP contribution in [-0.2, 0) is 6.18 Å². The van der Waals surface area contributed by atoms with Crippen LogP contribution >= 0.6 is 0 Å². The van der Waals surface area contributed by atoms with Crippen LogP contribution < -0.4 is 11.1 Å². The van der Waals surface area contributed by atoms with Crippen LogP contribution in [0.25, 0.3) is 5.69 Å². The third-order valence-electron chi connectivity index (χ3n) is 4.39. The molecule has 1 heterocycles. The average molecular weight is 352 g/mol. The summed E-state index contributed by atoms with van der Waals surface area (Å²) in [5, 5.41) is 6.66. The Kier molecular flexibility index (Phi) is 4.80. The Morgan fingerprint density at radius 2 is 1.92 bits per heavy atom. The molecule has 0 aliphatic heterocycles. The lowest BCUT2D eigenvalue weighted by atomic mass is 9.91. The van der Waals surface area contributed by atoms with Gasteiger partial charge in [-0.05, 0) is 49.9 Å². The zero-order chi connectivity index (χ0) is 18.0. The van der Waals surface area contributed by atoms with Crippen molar-refractivity contribution in [3.05, 3.63) is 47.8 Å². The number of alkyl halides is 3. The van der Waals surface area contributed by atoms with E-state index in [1.165, 1.54) is 12.1 Å². The van der Waals surface area contributed by atoms with Crippen molar-refractivity contribution in [1.29, 1.82) is 0 Å². The second-order valence-electron chi connectivity index (χ2n) is 6.26. The van der Waals surface area contributed by atoms with Crippen molar-refractivity contribution >= 4 is 5.91 Å². The van der Waals surface area contributed by atoms with Crippen molar-refractivity contribution < 1.29 is 18.0 Å². The summed E-state index contributed by atoms with van der Waals surface area (Å²) < 4.78 is 39.8. The molecule has 3 N–H and O–H groups in total. The van der Waals surface area contributed by atoms with Gasteiger partial charge in [0.25, 0.3) is 5.91 Å². The van der Waals surface area contributed by atoms with Gasteiger partial charge in [0, 0.05) is 17.6 Å². The van der Waals surface area contributed by atoms with Gasteiger partial charge in [0.1, 0.15) is 5.69 Å². The van der Waals surface area contributed by atoms with Crippen molar-refractivity contribution in [3.8, 4) is 5.69 Å². The predicted octanol–water partition coefficient (Wildman–Crippen LogP) is 2.89. The van der Waals surface area contributed by atoms with E-state index in [0.29, 0.717) is 5.56 Å². The number of amides is 1. The molecule has 1 amide bonds. The van der Waals surface area contributed by atoms with Gasteiger partial charge in [0.15, 0.2) is 0 Å². The van der Waals surface area contributed by atoms with Gasteiger partial charge >= 0.3 is 6.18 Å². The molecule has 1 aliphatic carbocycles. The first-order chi connectivity index (χ1) is 11.8. The third-order valence-corrected chi connectivity index (χ3v) is 4.39. The molecule has 0 saturated heterocycles. The lowest BCUT2D eigenvalue weighted by Crippen LogP contribution is -2.40. The van der Waals surface area contributed by atoms with Gasteiger partial charge in [-0.2, -0.15) is 18.3 Å². The van der Waals surface area contributed by atoms with E-state index in [1.807, 2.05) is 0 Å². The van der Waals surface area contributed by atoms with Crippen LogP contribution in [0.4, 0.5) is 13.2 Å². The third kappa shape index (κ3) is 4.01. The van der Waals surface area contributed by atoms with Crippen LogP contribution in [0, 0.1) is 0 Å². The van der Waals surface area contributed by atoms with Crippen molar-refractivity contribution in [2.45, 2.75) is 43.9 Å². The first kappa shape index (κ1) is 17.5. The van der Waals surface area contributed by atoms with Crippen LogP contribution in [0.3, 0.4) is 0 Å². The summed E-state index contributed by atoms with van der Waals surface area (Å²) in [6.45, 7) is 0. The molecule has 1 saturated carbocycles. The summed E-state index contributed by atoms with van der Waals surface area (Å²) in [7, 11) is 0. The van der Waals surface area contributed by atoms with Gasteiger partial charge in [-0.1, -0.05) is 6.07 Å². The average Bonchev–Trinajstić information content (AvgIpc) is 3.07. The number of benzene rings is 1. The first-order valence-electron chi connectivity index (χ1n) is 8.12. The minimum absolute atomic E-state index is 0.0476. The fourth-order valence-corrected chi connectivity index (χ4v) is 3.03. The number of aromatic nitrogens is 2. The maximum absolute atomic E-state index is 13.0. The molecule has 8 heteroatoms.